The van der Waals surface area contributed by atoms with Crippen LogP contribution in [0.1, 0.15) is 27.3 Å². The minimum atomic E-state index is -0.362. The summed E-state index contributed by atoms with van der Waals surface area (Å²) in [5.74, 6) is 0.887. The molecule has 0 unspecified atom stereocenters. The van der Waals surface area contributed by atoms with Crippen molar-refractivity contribution in [1.29, 1.82) is 0 Å². The van der Waals surface area contributed by atoms with Crippen LogP contribution in [0.2, 0.25) is 0 Å². The molecule has 3 aromatic heterocycles. The van der Waals surface area contributed by atoms with Crippen molar-refractivity contribution in [2.45, 2.75) is 13.3 Å². The van der Waals surface area contributed by atoms with Crippen LogP contribution in [0, 0.1) is 12.7 Å². The van der Waals surface area contributed by atoms with Gasteiger partial charge < -0.3 is 14.3 Å². The monoisotopic (exact) mass is 508 g/mol. The Labute approximate surface area is 218 Å². The molecule has 0 saturated carbocycles. The maximum atomic E-state index is 13.3. The molecule has 0 aliphatic carbocycles. The molecule has 6 rings (SSSR count). The molecule has 0 atom stereocenters. The Morgan fingerprint density at radius 1 is 0.974 bits per heavy atom. The summed E-state index contributed by atoms with van der Waals surface area (Å²) in [4.78, 5) is 30.8. The van der Waals surface area contributed by atoms with Gasteiger partial charge in [-0.3, -0.25) is 9.78 Å². The van der Waals surface area contributed by atoms with E-state index in [1.807, 2.05) is 12.1 Å². The van der Waals surface area contributed by atoms with E-state index in [0.717, 1.165) is 22.3 Å². The summed E-state index contributed by atoms with van der Waals surface area (Å²) in [6.07, 6.45) is 4.00. The fourth-order valence-corrected chi connectivity index (χ4v) is 4.67. The molecule has 0 radical (unpaired) electrons. The zero-order chi connectivity index (χ0) is 26.1. The molecular weight excluding hydrogens is 483 g/mol. The number of pyridine rings is 1. The Kier molecular flexibility index (Phi) is 6.25. The summed E-state index contributed by atoms with van der Waals surface area (Å²) in [7, 11) is 0. The third-order valence-corrected chi connectivity index (χ3v) is 6.74. The first-order valence-electron chi connectivity index (χ1n) is 12.5. The van der Waals surface area contributed by atoms with Crippen molar-refractivity contribution in [2.75, 3.05) is 31.1 Å². The van der Waals surface area contributed by atoms with Gasteiger partial charge in [0.1, 0.15) is 28.5 Å². The van der Waals surface area contributed by atoms with Crippen LogP contribution in [0.5, 0.6) is 0 Å². The third-order valence-electron chi connectivity index (χ3n) is 6.74. The number of carbonyl (C=O) groups excluding carboxylic acids is 1. The van der Waals surface area contributed by atoms with E-state index in [2.05, 4.69) is 46.2 Å². The van der Waals surface area contributed by atoms with Crippen molar-refractivity contribution >= 4 is 22.8 Å². The first-order valence-corrected chi connectivity index (χ1v) is 12.5. The number of nitrogens with zero attached hydrogens (tertiary/aromatic N) is 6. The van der Waals surface area contributed by atoms with Gasteiger partial charge in [-0.25, -0.2) is 9.37 Å². The zero-order valence-electron chi connectivity index (χ0n) is 20.8. The number of halogens is 1. The highest BCUT2D eigenvalue weighted by Crippen LogP contribution is 2.34. The number of aromatic nitrogens is 4. The fraction of sp³-hybridized carbons (Fsp3) is 0.207. The molecule has 1 amide bonds. The van der Waals surface area contributed by atoms with E-state index in [1.54, 1.807) is 17.3 Å². The van der Waals surface area contributed by atoms with Crippen LogP contribution in [0.25, 0.3) is 22.4 Å². The van der Waals surface area contributed by atoms with E-state index in [1.165, 1.54) is 29.8 Å². The standard InChI is InChI=1S/C29H25FN6O2/c1-19-4-6-20(7-5-19)17-24-32-27(25-26(34-38-28(25)33-24)22-3-2-12-31-18-22)35-13-15-36(16-14-35)29(37)21-8-10-23(30)11-9-21/h2-12,18H,13-17H2,1H3. The minimum absolute atomic E-state index is 0.112. The molecule has 2 aromatic carbocycles. The van der Waals surface area contributed by atoms with Gasteiger partial charge in [0, 0.05) is 56.1 Å². The molecule has 1 aliphatic heterocycles. The summed E-state index contributed by atoms with van der Waals surface area (Å²) in [5.41, 5.74) is 4.63. The van der Waals surface area contributed by atoms with Crippen molar-refractivity contribution < 1.29 is 13.7 Å². The van der Waals surface area contributed by atoms with Crippen LogP contribution < -0.4 is 4.90 Å². The molecule has 4 heterocycles. The van der Waals surface area contributed by atoms with Crippen LogP contribution >= 0.6 is 0 Å². The Balaban J connectivity index is 1.33. The number of hydrogen-bond acceptors (Lipinski definition) is 7. The van der Waals surface area contributed by atoms with E-state index < -0.39 is 0 Å². The van der Waals surface area contributed by atoms with Crippen LogP contribution in [-0.2, 0) is 6.42 Å². The third kappa shape index (κ3) is 4.70. The largest absolute Gasteiger partial charge is 0.352 e. The average molecular weight is 509 g/mol. The lowest BCUT2D eigenvalue weighted by Gasteiger charge is -2.35. The SMILES string of the molecule is Cc1ccc(Cc2nc(N3CCN(C(=O)c4ccc(F)cc4)CC3)c3c(-c4cccnc4)noc3n2)cc1. The first kappa shape index (κ1) is 23.7. The molecule has 38 heavy (non-hydrogen) atoms. The number of anilines is 1. The Morgan fingerprint density at radius 2 is 1.74 bits per heavy atom. The Bertz CT molecular complexity index is 1580. The second-order valence-electron chi connectivity index (χ2n) is 9.36. The Morgan fingerprint density at radius 3 is 2.45 bits per heavy atom. The second-order valence-corrected chi connectivity index (χ2v) is 9.36. The molecule has 8 nitrogen and oxygen atoms in total. The number of carbonyl (C=O) groups is 1. The molecule has 1 saturated heterocycles. The first-order chi connectivity index (χ1) is 18.5. The number of benzene rings is 2. The lowest BCUT2D eigenvalue weighted by molar-refractivity contribution is 0.0746. The predicted octanol–water partition coefficient (Wildman–Crippen LogP) is 4.68. The summed E-state index contributed by atoms with van der Waals surface area (Å²) in [6.45, 7) is 4.20. The van der Waals surface area contributed by atoms with Gasteiger partial charge >= 0.3 is 0 Å². The van der Waals surface area contributed by atoms with E-state index in [-0.39, 0.29) is 11.7 Å². The van der Waals surface area contributed by atoms with Crippen LogP contribution in [0.4, 0.5) is 10.2 Å². The summed E-state index contributed by atoms with van der Waals surface area (Å²) in [6, 6.07) is 17.7. The highest BCUT2D eigenvalue weighted by Gasteiger charge is 2.27. The normalized spacial score (nSPS) is 13.7. The highest BCUT2D eigenvalue weighted by atomic mass is 19.1. The lowest BCUT2D eigenvalue weighted by atomic mass is 10.1. The maximum absolute atomic E-state index is 13.3. The van der Waals surface area contributed by atoms with Crippen LogP contribution in [0.3, 0.4) is 0 Å². The molecule has 190 valence electrons. The second kappa shape index (κ2) is 10.0. The van der Waals surface area contributed by atoms with Gasteiger partial charge in [-0.2, -0.15) is 4.98 Å². The number of rotatable bonds is 5. The summed E-state index contributed by atoms with van der Waals surface area (Å²) >= 11 is 0. The minimum Gasteiger partial charge on any atom is -0.352 e. The molecule has 9 heteroatoms. The average Bonchev–Trinajstić information content (AvgIpc) is 3.39. The van der Waals surface area contributed by atoms with Crippen LogP contribution in [0.15, 0.2) is 77.6 Å². The van der Waals surface area contributed by atoms with Crippen molar-refractivity contribution in [3.8, 4) is 11.3 Å². The van der Waals surface area contributed by atoms with Crippen molar-refractivity contribution in [2.24, 2.45) is 0 Å². The zero-order valence-corrected chi connectivity index (χ0v) is 20.8. The van der Waals surface area contributed by atoms with Gasteiger partial charge in [0.15, 0.2) is 0 Å². The Hall–Kier alpha value is -4.66. The molecule has 0 N–H and O–H groups in total. The smallest absolute Gasteiger partial charge is 0.263 e. The van der Waals surface area contributed by atoms with Gasteiger partial charge in [0.2, 0.25) is 0 Å². The van der Waals surface area contributed by atoms with Gasteiger partial charge in [0.25, 0.3) is 11.6 Å². The topological polar surface area (TPSA) is 88.3 Å². The molecule has 0 bridgehead atoms. The molecule has 0 spiro atoms. The number of piperazine rings is 1. The number of amides is 1. The van der Waals surface area contributed by atoms with E-state index in [4.69, 9.17) is 14.5 Å². The maximum Gasteiger partial charge on any atom is 0.263 e. The number of aryl methyl sites for hydroxylation is 1. The lowest BCUT2D eigenvalue weighted by Crippen LogP contribution is -2.49. The van der Waals surface area contributed by atoms with Crippen LogP contribution in [-0.4, -0.2) is 57.1 Å². The quantitative estimate of drug-likeness (QED) is 0.341. The van der Waals surface area contributed by atoms with Crippen molar-refractivity contribution in [1.82, 2.24) is 25.0 Å². The van der Waals surface area contributed by atoms with Gasteiger partial charge in [0.05, 0.1) is 0 Å². The molecule has 1 aliphatic rings. The summed E-state index contributed by atoms with van der Waals surface area (Å²) in [5, 5.41) is 5.06. The van der Waals surface area contributed by atoms with Gasteiger partial charge in [-0.05, 0) is 48.9 Å². The molecule has 1 fully saturated rings. The van der Waals surface area contributed by atoms with E-state index in [0.29, 0.717) is 55.4 Å². The van der Waals surface area contributed by atoms with Gasteiger partial charge in [-0.1, -0.05) is 35.0 Å². The van der Waals surface area contributed by atoms with E-state index >= 15 is 0 Å². The fourth-order valence-electron chi connectivity index (χ4n) is 4.67. The highest BCUT2D eigenvalue weighted by molar-refractivity contribution is 5.98. The number of fused-ring (bicyclic) bond motifs is 1. The predicted molar refractivity (Wildman–Crippen MR) is 141 cm³/mol. The van der Waals surface area contributed by atoms with E-state index in [9.17, 15) is 9.18 Å². The van der Waals surface area contributed by atoms with Gasteiger partial charge in [-0.15, -0.1) is 0 Å². The van der Waals surface area contributed by atoms with Crippen molar-refractivity contribution in [3.63, 3.8) is 0 Å². The number of hydrogen-bond donors (Lipinski definition) is 0. The molecule has 5 aromatic rings. The molecular formula is C29H25FN6O2. The van der Waals surface area contributed by atoms with Crippen molar-refractivity contribution in [3.05, 3.63) is 101 Å². The summed E-state index contributed by atoms with van der Waals surface area (Å²) < 4.78 is 19.0.